The molecule has 2 aromatic carbocycles. The van der Waals surface area contributed by atoms with Crippen molar-refractivity contribution in [2.24, 2.45) is 5.10 Å². The fourth-order valence-corrected chi connectivity index (χ4v) is 2.09. The first-order valence-corrected chi connectivity index (χ1v) is 6.61. The summed E-state index contributed by atoms with van der Waals surface area (Å²) >= 11 is 0. The number of anilines is 1. The van der Waals surface area contributed by atoms with Gasteiger partial charge in [0.2, 0.25) is 0 Å². The third kappa shape index (κ3) is 2.90. The van der Waals surface area contributed by atoms with Gasteiger partial charge in [-0.2, -0.15) is 5.10 Å². The van der Waals surface area contributed by atoms with Crippen LogP contribution in [0.2, 0.25) is 0 Å². The second-order valence-electron chi connectivity index (χ2n) is 4.60. The molecule has 6 heteroatoms. The SMILES string of the molecule is O=[N+]([O-])c1cccc(/C=N\Nc2cccc3cccnc23)c1. The molecule has 0 fully saturated rings. The van der Waals surface area contributed by atoms with Crippen LogP contribution in [0.5, 0.6) is 0 Å². The van der Waals surface area contributed by atoms with Gasteiger partial charge in [0.25, 0.3) is 5.69 Å². The van der Waals surface area contributed by atoms with E-state index in [9.17, 15) is 10.1 Å². The number of hydrogen-bond donors (Lipinski definition) is 1. The first kappa shape index (κ1) is 13.7. The van der Waals surface area contributed by atoms with Gasteiger partial charge in [-0.05, 0) is 12.1 Å². The Morgan fingerprint density at radius 2 is 1.95 bits per heavy atom. The fourth-order valence-electron chi connectivity index (χ4n) is 2.09. The molecule has 22 heavy (non-hydrogen) atoms. The maximum atomic E-state index is 10.7. The number of nitro groups is 1. The molecule has 6 nitrogen and oxygen atoms in total. The predicted octanol–water partition coefficient (Wildman–Crippen LogP) is 3.59. The molecule has 0 saturated carbocycles. The number of nitro benzene ring substituents is 1. The van der Waals surface area contributed by atoms with Gasteiger partial charge in [-0.1, -0.05) is 30.3 Å². The van der Waals surface area contributed by atoms with E-state index in [0.717, 1.165) is 16.6 Å². The lowest BCUT2D eigenvalue weighted by molar-refractivity contribution is -0.384. The molecule has 0 saturated heterocycles. The topological polar surface area (TPSA) is 80.4 Å². The number of hydrogen-bond acceptors (Lipinski definition) is 5. The van der Waals surface area contributed by atoms with Gasteiger partial charge in [-0.25, -0.2) is 0 Å². The molecule has 1 heterocycles. The zero-order valence-electron chi connectivity index (χ0n) is 11.5. The van der Waals surface area contributed by atoms with Crippen molar-refractivity contribution in [1.82, 2.24) is 4.98 Å². The van der Waals surface area contributed by atoms with E-state index in [2.05, 4.69) is 15.5 Å². The summed E-state index contributed by atoms with van der Waals surface area (Å²) < 4.78 is 0. The zero-order valence-corrected chi connectivity index (χ0v) is 11.5. The Balaban J connectivity index is 1.82. The first-order chi connectivity index (χ1) is 10.7. The molecule has 108 valence electrons. The molecule has 3 aromatic rings. The molecule has 0 aliphatic rings. The largest absolute Gasteiger partial charge is 0.276 e. The van der Waals surface area contributed by atoms with E-state index in [0.29, 0.717) is 5.56 Å². The molecular formula is C16H12N4O2. The van der Waals surface area contributed by atoms with Crippen molar-refractivity contribution in [3.8, 4) is 0 Å². The van der Waals surface area contributed by atoms with Crippen LogP contribution < -0.4 is 5.43 Å². The summed E-state index contributed by atoms with van der Waals surface area (Å²) in [7, 11) is 0. The molecule has 0 atom stereocenters. The van der Waals surface area contributed by atoms with E-state index < -0.39 is 4.92 Å². The standard InChI is InChI=1S/C16H12N4O2/c21-20(22)14-7-1-4-12(10-14)11-18-19-15-8-2-5-13-6-3-9-17-16(13)15/h1-11,19H/b18-11-. The molecular weight excluding hydrogens is 280 g/mol. The third-order valence-corrected chi connectivity index (χ3v) is 3.11. The Kier molecular flexibility index (Phi) is 3.74. The van der Waals surface area contributed by atoms with Crippen LogP contribution in [0.15, 0.2) is 65.9 Å². The summed E-state index contributed by atoms with van der Waals surface area (Å²) in [5.74, 6) is 0. The first-order valence-electron chi connectivity index (χ1n) is 6.61. The molecule has 0 aliphatic carbocycles. The average molecular weight is 292 g/mol. The van der Waals surface area contributed by atoms with Crippen LogP contribution in [0.25, 0.3) is 10.9 Å². The predicted molar refractivity (Wildman–Crippen MR) is 86.1 cm³/mol. The third-order valence-electron chi connectivity index (χ3n) is 3.11. The van der Waals surface area contributed by atoms with Crippen LogP contribution in [0.3, 0.4) is 0 Å². The lowest BCUT2D eigenvalue weighted by atomic mass is 10.2. The summed E-state index contributed by atoms with van der Waals surface area (Å²) in [5.41, 5.74) is 5.21. The lowest BCUT2D eigenvalue weighted by Gasteiger charge is -2.04. The monoisotopic (exact) mass is 292 g/mol. The second kappa shape index (κ2) is 6.01. The summed E-state index contributed by atoms with van der Waals surface area (Å²) in [6, 6.07) is 15.9. The minimum absolute atomic E-state index is 0.0378. The highest BCUT2D eigenvalue weighted by atomic mass is 16.6. The van der Waals surface area contributed by atoms with Gasteiger partial charge in [0.15, 0.2) is 0 Å². The van der Waals surface area contributed by atoms with Gasteiger partial charge in [0.05, 0.1) is 22.3 Å². The Bertz CT molecular complexity index is 856. The number of nitrogens with one attached hydrogen (secondary N) is 1. The fraction of sp³-hybridized carbons (Fsp3) is 0. The van der Waals surface area contributed by atoms with Crippen molar-refractivity contribution < 1.29 is 4.92 Å². The van der Waals surface area contributed by atoms with Crippen molar-refractivity contribution in [3.05, 3.63) is 76.5 Å². The van der Waals surface area contributed by atoms with Crippen molar-refractivity contribution in [3.63, 3.8) is 0 Å². The number of fused-ring (bicyclic) bond motifs is 1. The van der Waals surface area contributed by atoms with Crippen molar-refractivity contribution >= 4 is 28.5 Å². The van der Waals surface area contributed by atoms with Crippen molar-refractivity contribution in [2.45, 2.75) is 0 Å². The van der Waals surface area contributed by atoms with Gasteiger partial charge in [-0.15, -0.1) is 0 Å². The molecule has 0 radical (unpaired) electrons. The maximum absolute atomic E-state index is 10.7. The Morgan fingerprint density at radius 3 is 2.82 bits per heavy atom. The molecule has 0 spiro atoms. The number of para-hydroxylation sites is 1. The van der Waals surface area contributed by atoms with Gasteiger partial charge in [-0.3, -0.25) is 20.5 Å². The number of nitrogens with zero attached hydrogens (tertiary/aromatic N) is 3. The minimum Gasteiger partial charge on any atom is -0.276 e. The number of pyridine rings is 1. The van der Waals surface area contributed by atoms with Gasteiger partial charge in [0.1, 0.15) is 0 Å². The Morgan fingerprint density at radius 1 is 1.14 bits per heavy atom. The summed E-state index contributed by atoms with van der Waals surface area (Å²) in [6.07, 6.45) is 3.26. The molecule has 0 amide bonds. The highest BCUT2D eigenvalue weighted by Gasteiger charge is 2.04. The van der Waals surface area contributed by atoms with Gasteiger partial charge < -0.3 is 0 Å². The quantitative estimate of drug-likeness (QED) is 0.452. The van der Waals surface area contributed by atoms with Crippen LogP contribution in [0, 0.1) is 10.1 Å². The summed E-state index contributed by atoms with van der Waals surface area (Å²) in [5, 5.41) is 15.9. The zero-order chi connectivity index (χ0) is 15.4. The Labute approximate surface area is 126 Å². The number of benzene rings is 2. The molecule has 0 unspecified atom stereocenters. The maximum Gasteiger partial charge on any atom is 0.270 e. The molecule has 1 aromatic heterocycles. The molecule has 3 rings (SSSR count). The van der Waals surface area contributed by atoms with Crippen molar-refractivity contribution in [2.75, 3.05) is 5.43 Å². The van der Waals surface area contributed by atoms with Crippen LogP contribution in [-0.2, 0) is 0 Å². The molecule has 0 aliphatic heterocycles. The van der Waals surface area contributed by atoms with Crippen LogP contribution >= 0.6 is 0 Å². The second-order valence-corrected chi connectivity index (χ2v) is 4.60. The summed E-state index contributed by atoms with van der Waals surface area (Å²) in [4.78, 5) is 14.6. The average Bonchev–Trinajstić information content (AvgIpc) is 2.55. The summed E-state index contributed by atoms with van der Waals surface area (Å²) in [6.45, 7) is 0. The van der Waals surface area contributed by atoms with E-state index in [-0.39, 0.29) is 5.69 Å². The Hall–Kier alpha value is -3.28. The molecule has 1 N–H and O–H groups in total. The number of non-ortho nitro benzene ring substituents is 1. The van der Waals surface area contributed by atoms with E-state index in [4.69, 9.17) is 0 Å². The van der Waals surface area contributed by atoms with E-state index in [1.165, 1.54) is 18.3 Å². The van der Waals surface area contributed by atoms with E-state index in [1.807, 2.05) is 30.3 Å². The number of aromatic nitrogens is 1. The van der Waals surface area contributed by atoms with Gasteiger partial charge >= 0.3 is 0 Å². The molecule has 0 bridgehead atoms. The van der Waals surface area contributed by atoms with Crippen molar-refractivity contribution in [1.29, 1.82) is 0 Å². The normalized spacial score (nSPS) is 10.9. The van der Waals surface area contributed by atoms with E-state index in [1.54, 1.807) is 18.3 Å². The van der Waals surface area contributed by atoms with Crippen LogP contribution in [-0.4, -0.2) is 16.1 Å². The minimum atomic E-state index is -0.431. The van der Waals surface area contributed by atoms with Gasteiger partial charge in [0, 0.05) is 29.3 Å². The van der Waals surface area contributed by atoms with E-state index >= 15 is 0 Å². The number of hydrazone groups is 1. The number of rotatable bonds is 4. The van der Waals surface area contributed by atoms with Crippen LogP contribution in [0.4, 0.5) is 11.4 Å². The van der Waals surface area contributed by atoms with Crippen LogP contribution in [0.1, 0.15) is 5.56 Å². The smallest absolute Gasteiger partial charge is 0.270 e. The highest BCUT2D eigenvalue weighted by molar-refractivity contribution is 5.90. The highest BCUT2D eigenvalue weighted by Crippen LogP contribution is 2.20. The lowest BCUT2D eigenvalue weighted by Crippen LogP contribution is -1.94.